The second-order valence-corrected chi connectivity index (χ2v) is 6.01. The van der Waals surface area contributed by atoms with Crippen LogP contribution in [0, 0.1) is 5.92 Å². The van der Waals surface area contributed by atoms with Gasteiger partial charge in [0.2, 0.25) is 5.91 Å². The Morgan fingerprint density at radius 2 is 2.00 bits per heavy atom. The Balaban J connectivity index is 1.51. The number of aryl methyl sites for hydroxylation is 1. The van der Waals surface area contributed by atoms with E-state index in [4.69, 9.17) is 0 Å². The maximum absolute atomic E-state index is 11.9. The number of carbonyl (C=O) groups excluding carboxylic acids is 1. The molecule has 0 bridgehead atoms. The molecule has 2 heterocycles. The lowest BCUT2D eigenvalue weighted by Gasteiger charge is -2.24. The summed E-state index contributed by atoms with van der Waals surface area (Å²) in [5.41, 5.74) is 3.23. The third kappa shape index (κ3) is 2.24. The van der Waals surface area contributed by atoms with Crippen molar-refractivity contribution in [1.82, 2.24) is 9.55 Å². The van der Waals surface area contributed by atoms with Gasteiger partial charge in [-0.25, -0.2) is 4.98 Å². The molecule has 2 aliphatic rings. The molecule has 1 N–H and O–H groups in total. The molecular weight excluding hydrogens is 262 g/mol. The highest BCUT2D eigenvalue weighted by Gasteiger charge is 2.25. The molecular formula is C17H19N3O. The van der Waals surface area contributed by atoms with Crippen molar-refractivity contribution < 1.29 is 4.79 Å². The quantitative estimate of drug-likeness (QED) is 0.939. The van der Waals surface area contributed by atoms with Crippen LogP contribution in [-0.4, -0.2) is 15.5 Å². The van der Waals surface area contributed by atoms with E-state index < -0.39 is 0 Å². The van der Waals surface area contributed by atoms with Gasteiger partial charge in [-0.15, -0.1) is 0 Å². The molecule has 0 saturated heterocycles. The molecule has 1 saturated carbocycles. The fourth-order valence-electron chi connectivity index (χ4n) is 3.13. The first kappa shape index (κ1) is 12.6. The average Bonchev–Trinajstić information content (AvgIpc) is 3.00. The van der Waals surface area contributed by atoms with Gasteiger partial charge in [0.05, 0.1) is 11.9 Å². The number of imidazole rings is 1. The third-order valence-electron chi connectivity index (χ3n) is 4.64. The van der Waals surface area contributed by atoms with Crippen molar-refractivity contribution in [3.05, 3.63) is 36.3 Å². The summed E-state index contributed by atoms with van der Waals surface area (Å²) in [4.78, 5) is 16.4. The SMILES string of the molecule is O=C(Nc1ccc(-c2cnc3n2CCC3)cc1)C1CCC1. The molecule has 1 aliphatic heterocycles. The molecule has 4 rings (SSSR count). The fraction of sp³-hybridized carbons (Fsp3) is 0.412. The van der Waals surface area contributed by atoms with Crippen LogP contribution >= 0.6 is 0 Å². The number of nitrogens with one attached hydrogen (secondary N) is 1. The van der Waals surface area contributed by atoms with Crippen molar-refractivity contribution in [1.29, 1.82) is 0 Å². The van der Waals surface area contributed by atoms with E-state index in [2.05, 4.69) is 27.0 Å². The minimum absolute atomic E-state index is 0.166. The van der Waals surface area contributed by atoms with Crippen LogP contribution in [0.5, 0.6) is 0 Å². The molecule has 1 fully saturated rings. The summed E-state index contributed by atoms with van der Waals surface area (Å²) < 4.78 is 2.29. The van der Waals surface area contributed by atoms with Crippen LogP contribution in [0.3, 0.4) is 0 Å². The lowest BCUT2D eigenvalue weighted by molar-refractivity contribution is -0.122. The second-order valence-electron chi connectivity index (χ2n) is 6.01. The van der Waals surface area contributed by atoms with Crippen molar-refractivity contribution in [2.45, 2.75) is 38.6 Å². The van der Waals surface area contributed by atoms with Crippen LogP contribution in [0.4, 0.5) is 5.69 Å². The Morgan fingerprint density at radius 3 is 2.71 bits per heavy atom. The minimum atomic E-state index is 0.166. The molecule has 0 spiro atoms. The van der Waals surface area contributed by atoms with Gasteiger partial charge in [0, 0.05) is 24.6 Å². The van der Waals surface area contributed by atoms with Gasteiger partial charge in [-0.05, 0) is 37.0 Å². The lowest BCUT2D eigenvalue weighted by Crippen LogP contribution is -2.27. The molecule has 108 valence electrons. The zero-order chi connectivity index (χ0) is 14.2. The maximum atomic E-state index is 11.9. The van der Waals surface area contributed by atoms with E-state index in [0.717, 1.165) is 37.1 Å². The van der Waals surface area contributed by atoms with Gasteiger partial charge in [-0.2, -0.15) is 0 Å². The van der Waals surface area contributed by atoms with E-state index in [1.54, 1.807) is 0 Å². The van der Waals surface area contributed by atoms with Gasteiger partial charge in [-0.3, -0.25) is 4.79 Å². The van der Waals surface area contributed by atoms with E-state index in [-0.39, 0.29) is 11.8 Å². The molecule has 4 nitrogen and oxygen atoms in total. The normalized spacial score (nSPS) is 17.3. The zero-order valence-electron chi connectivity index (χ0n) is 12.0. The van der Waals surface area contributed by atoms with Crippen LogP contribution in [-0.2, 0) is 17.8 Å². The van der Waals surface area contributed by atoms with Crippen LogP contribution in [0.2, 0.25) is 0 Å². The number of benzene rings is 1. The molecule has 4 heteroatoms. The summed E-state index contributed by atoms with van der Waals surface area (Å²) in [6.07, 6.45) is 7.47. The third-order valence-corrected chi connectivity index (χ3v) is 4.64. The zero-order valence-corrected chi connectivity index (χ0v) is 12.0. The maximum Gasteiger partial charge on any atom is 0.227 e. The van der Waals surface area contributed by atoms with E-state index in [9.17, 15) is 4.79 Å². The van der Waals surface area contributed by atoms with Gasteiger partial charge in [0.25, 0.3) is 0 Å². The summed E-state index contributed by atoms with van der Waals surface area (Å²) in [6, 6.07) is 8.11. The Bertz CT molecular complexity index is 668. The summed E-state index contributed by atoms with van der Waals surface area (Å²) in [5.74, 6) is 1.58. The van der Waals surface area contributed by atoms with Crippen molar-refractivity contribution in [3.63, 3.8) is 0 Å². The van der Waals surface area contributed by atoms with Crippen LogP contribution in [0.25, 0.3) is 11.3 Å². The highest BCUT2D eigenvalue weighted by molar-refractivity contribution is 5.93. The molecule has 1 aromatic carbocycles. The largest absolute Gasteiger partial charge is 0.328 e. The topological polar surface area (TPSA) is 46.9 Å². The van der Waals surface area contributed by atoms with E-state index in [1.807, 2.05) is 18.3 Å². The molecule has 0 radical (unpaired) electrons. The summed E-state index contributed by atoms with van der Waals surface area (Å²) in [6.45, 7) is 1.06. The fourth-order valence-corrected chi connectivity index (χ4v) is 3.13. The standard InChI is InChI=1S/C17H19N3O/c21-17(13-3-1-4-13)19-14-8-6-12(7-9-14)15-11-18-16-5-2-10-20(15)16/h6-9,11,13H,1-5,10H2,(H,19,21). The first-order chi connectivity index (χ1) is 10.3. The molecule has 21 heavy (non-hydrogen) atoms. The molecule has 0 unspecified atom stereocenters. The number of aromatic nitrogens is 2. The van der Waals surface area contributed by atoms with Gasteiger partial charge in [0.1, 0.15) is 5.82 Å². The number of carbonyl (C=O) groups is 1. The molecule has 2 aromatic rings. The minimum Gasteiger partial charge on any atom is -0.328 e. The molecule has 1 amide bonds. The number of nitrogens with zero attached hydrogens (tertiary/aromatic N) is 2. The smallest absolute Gasteiger partial charge is 0.227 e. The van der Waals surface area contributed by atoms with Gasteiger partial charge in [0.15, 0.2) is 0 Å². The Morgan fingerprint density at radius 1 is 1.19 bits per heavy atom. The van der Waals surface area contributed by atoms with Gasteiger partial charge >= 0.3 is 0 Å². The summed E-state index contributed by atoms with van der Waals surface area (Å²) >= 11 is 0. The predicted octanol–water partition coefficient (Wildman–Crippen LogP) is 3.23. The number of anilines is 1. The van der Waals surface area contributed by atoms with Gasteiger partial charge in [-0.1, -0.05) is 18.6 Å². The number of hydrogen-bond donors (Lipinski definition) is 1. The number of amides is 1. The Labute approximate surface area is 124 Å². The number of fused-ring (bicyclic) bond motifs is 1. The van der Waals surface area contributed by atoms with Crippen LogP contribution in [0.15, 0.2) is 30.5 Å². The van der Waals surface area contributed by atoms with Crippen molar-refractivity contribution in [3.8, 4) is 11.3 Å². The van der Waals surface area contributed by atoms with Crippen LogP contribution < -0.4 is 5.32 Å². The van der Waals surface area contributed by atoms with Crippen molar-refractivity contribution in [2.75, 3.05) is 5.32 Å². The second kappa shape index (κ2) is 5.02. The van der Waals surface area contributed by atoms with E-state index in [0.29, 0.717) is 0 Å². The highest BCUT2D eigenvalue weighted by atomic mass is 16.1. The number of rotatable bonds is 3. The summed E-state index contributed by atoms with van der Waals surface area (Å²) in [7, 11) is 0. The van der Waals surface area contributed by atoms with E-state index >= 15 is 0 Å². The van der Waals surface area contributed by atoms with Crippen molar-refractivity contribution in [2.24, 2.45) is 5.92 Å². The number of hydrogen-bond acceptors (Lipinski definition) is 2. The predicted molar refractivity (Wildman–Crippen MR) is 82.0 cm³/mol. The van der Waals surface area contributed by atoms with E-state index in [1.165, 1.54) is 24.4 Å². The van der Waals surface area contributed by atoms with Crippen molar-refractivity contribution >= 4 is 11.6 Å². The summed E-state index contributed by atoms with van der Waals surface area (Å²) in [5, 5.41) is 3.01. The molecule has 0 atom stereocenters. The monoisotopic (exact) mass is 281 g/mol. The highest BCUT2D eigenvalue weighted by Crippen LogP contribution is 2.29. The average molecular weight is 281 g/mol. The first-order valence-electron chi connectivity index (χ1n) is 7.77. The lowest BCUT2D eigenvalue weighted by atomic mass is 9.85. The Kier molecular flexibility index (Phi) is 3.02. The van der Waals surface area contributed by atoms with Crippen LogP contribution in [0.1, 0.15) is 31.5 Å². The molecule has 1 aliphatic carbocycles. The molecule has 1 aromatic heterocycles. The Hall–Kier alpha value is -2.10. The first-order valence-corrected chi connectivity index (χ1v) is 7.77. The van der Waals surface area contributed by atoms with Gasteiger partial charge < -0.3 is 9.88 Å².